The summed E-state index contributed by atoms with van der Waals surface area (Å²) in [6.07, 6.45) is 1.28. The molecule has 4 heteroatoms. The van der Waals surface area contributed by atoms with E-state index in [9.17, 15) is 4.79 Å². The molecule has 0 bridgehead atoms. The molecule has 0 aliphatic heterocycles. The molecule has 0 radical (unpaired) electrons. The average Bonchev–Trinajstić information content (AvgIpc) is 2.60. The number of carbonyl (C=O) groups is 1. The molecule has 0 spiro atoms. The first-order valence-electron chi connectivity index (χ1n) is 8.30. The van der Waals surface area contributed by atoms with Crippen LogP contribution in [-0.4, -0.2) is 38.1 Å². The molecule has 0 aromatic heterocycles. The van der Waals surface area contributed by atoms with E-state index in [2.05, 4.69) is 41.5 Å². The van der Waals surface area contributed by atoms with Gasteiger partial charge in [-0.15, -0.1) is 0 Å². The van der Waals surface area contributed by atoms with Crippen molar-refractivity contribution in [3.63, 3.8) is 0 Å². The zero-order chi connectivity index (χ0) is 17.2. The van der Waals surface area contributed by atoms with Crippen molar-refractivity contribution in [2.45, 2.75) is 19.4 Å². The number of amides is 1. The minimum absolute atomic E-state index is 0.0326. The lowest BCUT2D eigenvalue weighted by atomic mass is 10.1. The van der Waals surface area contributed by atoms with Gasteiger partial charge in [-0.2, -0.15) is 0 Å². The van der Waals surface area contributed by atoms with Gasteiger partial charge in [-0.3, -0.25) is 4.79 Å². The summed E-state index contributed by atoms with van der Waals surface area (Å²) >= 11 is 0. The maximum Gasteiger partial charge on any atom is 0.224 e. The zero-order valence-electron chi connectivity index (χ0n) is 14.5. The molecule has 4 nitrogen and oxygen atoms in total. The Hall–Kier alpha value is -2.33. The topological polar surface area (TPSA) is 41.6 Å². The highest BCUT2D eigenvalue weighted by molar-refractivity contribution is 5.79. The van der Waals surface area contributed by atoms with E-state index in [1.807, 2.05) is 30.3 Å². The number of hydrogen-bond acceptors (Lipinski definition) is 3. The van der Waals surface area contributed by atoms with Crippen molar-refractivity contribution in [3.8, 4) is 5.75 Å². The van der Waals surface area contributed by atoms with Crippen LogP contribution in [0, 0.1) is 0 Å². The number of rotatable bonds is 9. The van der Waals surface area contributed by atoms with Crippen LogP contribution in [0.1, 0.15) is 17.5 Å². The number of para-hydroxylation sites is 1. The second-order valence-corrected chi connectivity index (χ2v) is 5.92. The van der Waals surface area contributed by atoms with Gasteiger partial charge in [-0.1, -0.05) is 48.5 Å². The first-order chi connectivity index (χ1) is 11.7. The van der Waals surface area contributed by atoms with Gasteiger partial charge < -0.3 is 15.0 Å². The molecular weight excluding hydrogens is 300 g/mol. The van der Waals surface area contributed by atoms with Crippen LogP contribution in [-0.2, 0) is 17.8 Å². The maximum atomic E-state index is 12.0. The number of nitrogens with zero attached hydrogens (tertiary/aromatic N) is 1. The van der Waals surface area contributed by atoms with Crippen molar-refractivity contribution in [1.82, 2.24) is 10.2 Å². The van der Waals surface area contributed by atoms with Crippen molar-refractivity contribution in [1.29, 1.82) is 0 Å². The van der Waals surface area contributed by atoms with E-state index in [0.29, 0.717) is 13.0 Å². The van der Waals surface area contributed by atoms with Crippen LogP contribution in [0.25, 0.3) is 0 Å². The second-order valence-electron chi connectivity index (χ2n) is 5.92. The van der Waals surface area contributed by atoms with E-state index in [0.717, 1.165) is 30.8 Å². The lowest BCUT2D eigenvalue weighted by Gasteiger charge is -2.16. The molecule has 128 valence electrons. The molecule has 24 heavy (non-hydrogen) atoms. The number of ether oxygens (including phenoxy) is 1. The predicted molar refractivity (Wildman–Crippen MR) is 97.1 cm³/mol. The molecule has 1 N–H and O–H groups in total. The van der Waals surface area contributed by atoms with Crippen LogP contribution in [0.5, 0.6) is 5.75 Å². The van der Waals surface area contributed by atoms with E-state index in [1.54, 1.807) is 7.11 Å². The average molecular weight is 326 g/mol. The Morgan fingerprint density at radius 2 is 1.79 bits per heavy atom. The molecule has 0 heterocycles. The molecule has 0 fully saturated rings. The van der Waals surface area contributed by atoms with Crippen LogP contribution < -0.4 is 10.1 Å². The molecule has 0 saturated carbocycles. The standard InChI is InChI=1S/C20H26N2O2/c1-22(16-17-9-4-3-5-10-17)14-8-13-21-20(23)15-18-11-6-7-12-19(18)24-2/h3-7,9-12H,8,13-16H2,1-2H3,(H,21,23). The molecule has 0 aliphatic rings. The monoisotopic (exact) mass is 326 g/mol. The lowest BCUT2D eigenvalue weighted by molar-refractivity contribution is -0.120. The highest BCUT2D eigenvalue weighted by Gasteiger charge is 2.07. The smallest absolute Gasteiger partial charge is 0.224 e. The van der Waals surface area contributed by atoms with Crippen molar-refractivity contribution in [3.05, 3.63) is 65.7 Å². The SMILES string of the molecule is COc1ccccc1CC(=O)NCCCN(C)Cc1ccccc1. The third-order valence-corrected chi connectivity index (χ3v) is 3.88. The Balaban J connectivity index is 1.65. The first-order valence-corrected chi connectivity index (χ1v) is 8.30. The van der Waals surface area contributed by atoms with Gasteiger partial charge in [0.15, 0.2) is 0 Å². The van der Waals surface area contributed by atoms with Gasteiger partial charge >= 0.3 is 0 Å². The molecule has 2 aromatic rings. The van der Waals surface area contributed by atoms with Gasteiger partial charge in [0.1, 0.15) is 5.75 Å². The summed E-state index contributed by atoms with van der Waals surface area (Å²) in [7, 11) is 3.73. The van der Waals surface area contributed by atoms with E-state index >= 15 is 0 Å². The van der Waals surface area contributed by atoms with E-state index < -0.39 is 0 Å². The van der Waals surface area contributed by atoms with Gasteiger partial charge in [0.05, 0.1) is 13.5 Å². The quantitative estimate of drug-likeness (QED) is 0.721. The first kappa shape index (κ1) is 18.0. The van der Waals surface area contributed by atoms with Gasteiger partial charge in [0.2, 0.25) is 5.91 Å². The Morgan fingerprint density at radius 3 is 2.54 bits per heavy atom. The van der Waals surface area contributed by atoms with Crippen LogP contribution >= 0.6 is 0 Å². The minimum atomic E-state index is 0.0326. The van der Waals surface area contributed by atoms with Gasteiger partial charge in [-0.25, -0.2) is 0 Å². The fraction of sp³-hybridized carbons (Fsp3) is 0.350. The third-order valence-electron chi connectivity index (χ3n) is 3.88. The maximum absolute atomic E-state index is 12.0. The highest BCUT2D eigenvalue weighted by atomic mass is 16.5. The highest BCUT2D eigenvalue weighted by Crippen LogP contribution is 2.17. The van der Waals surface area contributed by atoms with E-state index in [-0.39, 0.29) is 5.91 Å². The van der Waals surface area contributed by atoms with Gasteiger partial charge in [0.25, 0.3) is 0 Å². The third kappa shape index (κ3) is 6.05. The largest absolute Gasteiger partial charge is 0.496 e. The van der Waals surface area contributed by atoms with Crippen LogP contribution in [0.2, 0.25) is 0 Å². The fourth-order valence-corrected chi connectivity index (χ4v) is 2.64. The predicted octanol–water partition coefficient (Wildman–Crippen LogP) is 2.88. The summed E-state index contributed by atoms with van der Waals surface area (Å²) in [6, 6.07) is 18.0. The summed E-state index contributed by atoms with van der Waals surface area (Å²) in [5.41, 5.74) is 2.22. The number of methoxy groups -OCH3 is 1. The molecule has 1 amide bonds. The van der Waals surface area contributed by atoms with Crippen LogP contribution in [0.4, 0.5) is 0 Å². The second kappa shape index (κ2) is 9.73. The molecular formula is C20H26N2O2. The Kier molecular flexibility index (Phi) is 7.30. The van der Waals surface area contributed by atoms with Crippen LogP contribution in [0.15, 0.2) is 54.6 Å². The Morgan fingerprint density at radius 1 is 1.08 bits per heavy atom. The summed E-state index contributed by atoms with van der Waals surface area (Å²) in [5.74, 6) is 0.792. The van der Waals surface area contributed by atoms with Crippen molar-refractivity contribution >= 4 is 5.91 Å². The summed E-state index contributed by atoms with van der Waals surface area (Å²) in [4.78, 5) is 14.3. The summed E-state index contributed by atoms with van der Waals surface area (Å²) < 4.78 is 5.27. The summed E-state index contributed by atoms with van der Waals surface area (Å²) in [5, 5.41) is 2.98. The zero-order valence-corrected chi connectivity index (χ0v) is 14.5. The van der Waals surface area contributed by atoms with Gasteiger partial charge in [0, 0.05) is 18.7 Å². The molecule has 0 saturated heterocycles. The molecule has 2 rings (SSSR count). The molecule has 0 atom stereocenters. The summed E-state index contributed by atoms with van der Waals surface area (Å²) in [6.45, 7) is 2.56. The van der Waals surface area contributed by atoms with Gasteiger partial charge in [-0.05, 0) is 31.6 Å². The lowest BCUT2D eigenvalue weighted by Crippen LogP contribution is -2.29. The molecule has 0 aliphatic carbocycles. The van der Waals surface area contributed by atoms with E-state index in [1.165, 1.54) is 5.56 Å². The number of hydrogen-bond donors (Lipinski definition) is 1. The number of nitrogens with one attached hydrogen (secondary N) is 1. The van der Waals surface area contributed by atoms with Crippen molar-refractivity contribution < 1.29 is 9.53 Å². The molecule has 0 unspecified atom stereocenters. The normalized spacial score (nSPS) is 10.6. The van der Waals surface area contributed by atoms with Crippen molar-refractivity contribution in [2.24, 2.45) is 0 Å². The fourth-order valence-electron chi connectivity index (χ4n) is 2.64. The number of benzene rings is 2. The van der Waals surface area contributed by atoms with E-state index in [4.69, 9.17) is 4.74 Å². The Bertz CT molecular complexity index is 629. The molecule has 2 aromatic carbocycles. The number of carbonyl (C=O) groups excluding carboxylic acids is 1. The van der Waals surface area contributed by atoms with Crippen molar-refractivity contribution in [2.75, 3.05) is 27.2 Å². The minimum Gasteiger partial charge on any atom is -0.496 e. The van der Waals surface area contributed by atoms with Crippen LogP contribution in [0.3, 0.4) is 0 Å². The Labute approximate surface area is 144 Å².